The van der Waals surface area contributed by atoms with Gasteiger partial charge in [-0.25, -0.2) is 14.0 Å². The molecule has 28 heavy (non-hydrogen) atoms. The van der Waals surface area contributed by atoms with Crippen LogP contribution in [0, 0.1) is 11.8 Å². The molecule has 1 aromatic carbocycles. The Morgan fingerprint density at radius 3 is 2.75 bits per heavy atom. The number of carboxylic acids is 1. The van der Waals surface area contributed by atoms with E-state index in [1.165, 1.54) is 12.3 Å². The maximum atomic E-state index is 12.6. The van der Waals surface area contributed by atoms with Crippen LogP contribution in [0.15, 0.2) is 72.3 Å². The molecule has 142 valence electrons. The number of allylic oxidation sites excluding steroid dienone is 4. The van der Waals surface area contributed by atoms with Crippen LogP contribution in [0.2, 0.25) is 0 Å². The first kappa shape index (κ1) is 20.7. The summed E-state index contributed by atoms with van der Waals surface area (Å²) in [6.07, 6.45) is 8.10. The standard InChI is InChI=1S/C21H19N3O3S/c1-3-7-17(8-4-2)28(27)24-19-10-6-5-9-16(19)12-11-15-13-18(22)20(21(25)26)23-14-15/h3-10,13-14,24H,1,22H2,2H3,(H,25,26)/b8-4-,17-7+. The zero-order chi connectivity index (χ0) is 20.5. The molecule has 0 saturated heterocycles. The molecule has 0 aliphatic rings. The number of benzene rings is 1. The largest absolute Gasteiger partial charge is 0.476 e. The van der Waals surface area contributed by atoms with Crippen molar-refractivity contribution in [1.82, 2.24) is 4.98 Å². The van der Waals surface area contributed by atoms with Gasteiger partial charge in [0.2, 0.25) is 0 Å². The monoisotopic (exact) mass is 393 g/mol. The highest BCUT2D eigenvalue weighted by Gasteiger charge is 2.09. The van der Waals surface area contributed by atoms with Crippen molar-refractivity contribution in [2.24, 2.45) is 0 Å². The van der Waals surface area contributed by atoms with Crippen LogP contribution < -0.4 is 10.5 Å². The summed E-state index contributed by atoms with van der Waals surface area (Å²) in [6, 6.07) is 8.61. The van der Waals surface area contributed by atoms with E-state index in [9.17, 15) is 9.00 Å². The van der Waals surface area contributed by atoms with E-state index in [1.54, 1.807) is 42.5 Å². The number of para-hydroxylation sites is 1. The molecular formula is C21H19N3O3S. The number of hydrogen-bond acceptors (Lipinski definition) is 4. The molecule has 1 heterocycles. The fourth-order valence-electron chi connectivity index (χ4n) is 2.17. The number of hydrogen-bond donors (Lipinski definition) is 3. The summed E-state index contributed by atoms with van der Waals surface area (Å²) in [4.78, 5) is 15.4. The number of nitrogens with one attached hydrogen (secondary N) is 1. The highest BCUT2D eigenvalue weighted by atomic mass is 32.2. The SMILES string of the molecule is C=C/C=C(\C=C/C)S(=O)Nc1ccccc1C#Cc1cnc(C(=O)O)c(N)c1. The van der Waals surface area contributed by atoms with Gasteiger partial charge in [0.1, 0.15) is 11.0 Å². The second-order valence-electron chi connectivity index (χ2n) is 5.44. The topological polar surface area (TPSA) is 105 Å². The van der Waals surface area contributed by atoms with Crippen LogP contribution in [0.5, 0.6) is 0 Å². The maximum Gasteiger partial charge on any atom is 0.356 e. The molecule has 0 saturated carbocycles. The Balaban J connectivity index is 2.31. The van der Waals surface area contributed by atoms with Gasteiger partial charge in [0.25, 0.3) is 0 Å². The lowest BCUT2D eigenvalue weighted by atomic mass is 10.1. The van der Waals surface area contributed by atoms with E-state index in [2.05, 4.69) is 28.1 Å². The van der Waals surface area contributed by atoms with Crippen molar-refractivity contribution in [3.8, 4) is 11.8 Å². The van der Waals surface area contributed by atoms with Crippen molar-refractivity contribution >= 4 is 28.3 Å². The lowest BCUT2D eigenvalue weighted by Crippen LogP contribution is -2.07. The summed E-state index contributed by atoms with van der Waals surface area (Å²) >= 11 is 0. The Labute approximate surface area is 166 Å². The molecule has 1 atom stereocenters. The number of nitrogens with two attached hydrogens (primary N) is 1. The summed E-state index contributed by atoms with van der Waals surface area (Å²) in [6.45, 7) is 5.47. The maximum absolute atomic E-state index is 12.6. The molecule has 0 amide bonds. The number of aromatic nitrogens is 1. The van der Waals surface area contributed by atoms with E-state index in [4.69, 9.17) is 10.8 Å². The predicted molar refractivity (Wildman–Crippen MR) is 113 cm³/mol. The molecule has 1 unspecified atom stereocenters. The van der Waals surface area contributed by atoms with Crippen LogP contribution >= 0.6 is 0 Å². The van der Waals surface area contributed by atoms with Gasteiger partial charge in [0, 0.05) is 17.3 Å². The van der Waals surface area contributed by atoms with Crippen LogP contribution in [-0.2, 0) is 11.0 Å². The Morgan fingerprint density at radius 1 is 1.36 bits per heavy atom. The van der Waals surface area contributed by atoms with Gasteiger partial charge in [-0.3, -0.25) is 4.72 Å². The van der Waals surface area contributed by atoms with Gasteiger partial charge in [-0.15, -0.1) is 0 Å². The van der Waals surface area contributed by atoms with Crippen LogP contribution in [0.25, 0.3) is 0 Å². The van der Waals surface area contributed by atoms with E-state index in [0.717, 1.165) is 0 Å². The average Bonchev–Trinajstić information content (AvgIpc) is 2.67. The lowest BCUT2D eigenvalue weighted by molar-refractivity contribution is 0.0692. The third kappa shape index (κ3) is 5.43. The molecule has 4 N–H and O–H groups in total. The van der Waals surface area contributed by atoms with Crippen LogP contribution in [0.3, 0.4) is 0 Å². The molecule has 0 aliphatic heterocycles. The van der Waals surface area contributed by atoms with E-state index in [1.807, 2.05) is 13.0 Å². The molecular weight excluding hydrogens is 374 g/mol. The number of nitrogen functional groups attached to an aromatic ring is 1. The number of carbonyl (C=O) groups is 1. The Morgan fingerprint density at radius 2 is 2.11 bits per heavy atom. The molecule has 0 radical (unpaired) electrons. The van der Waals surface area contributed by atoms with E-state index in [-0.39, 0.29) is 11.4 Å². The van der Waals surface area contributed by atoms with E-state index < -0.39 is 17.0 Å². The quantitative estimate of drug-likeness (QED) is 0.515. The highest BCUT2D eigenvalue weighted by molar-refractivity contribution is 7.90. The minimum atomic E-state index is -1.49. The van der Waals surface area contributed by atoms with Crippen LogP contribution in [-0.4, -0.2) is 20.3 Å². The zero-order valence-corrected chi connectivity index (χ0v) is 16.0. The summed E-state index contributed by atoms with van der Waals surface area (Å²) in [5, 5.41) is 8.97. The van der Waals surface area contributed by atoms with Crippen molar-refractivity contribution in [3.05, 3.63) is 89.1 Å². The Kier molecular flexibility index (Phi) is 7.31. The van der Waals surface area contributed by atoms with Gasteiger partial charge in [-0.1, -0.05) is 42.7 Å². The summed E-state index contributed by atoms with van der Waals surface area (Å²) < 4.78 is 15.5. The molecule has 0 bridgehead atoms. The minimum absolute atomic E-state index is 0.0392. The van der Waals surface area contributed by atoms with Gasteiger partial charge in [-0.05, 0) is 37.3 Å². The van der Waals surface area contributed by atoms with E-state index >= 15 is 0 Å². The number of anilines is 2. The fourth-order valence-corrected chi connectivity index (χ4v) is 3.14. The van der Waals surface area contributed by atoms with Crippen molar-refractivity contribution in [1.29, 1.82) is 0 Å². The third-order valence-electron chi connectivity index (χ3n) is 3.42. The smallest absolute Gasteiger partial charge is 0.356 e. The molecule has 0 aliphatic carbocycles. The van der Waals surface area contributed by atoms with Gasteiger partial charge in [0.05, 0.1) is 16.3 Å². The Bertz CT molecular complexity index is 1050. The normalized spacial score (nSPS) is 12.1. The Hall–Kier alpha value is -3.63. The molecule has 2 aromatic rings. The first-order chi connectivity index (χ1) is 13.5. The van der Waals surface area contributed by atoms with Crippen molar-refractivity contribution in [2.75, 3.05) is 10.5 Å². The second-order valence-corrected chi connectivity index (χ2v) is 6.65. The molecule has 2 rings (SSSR count). The number of pyridine rings is 1. The van der Waals surface area contributed by atoms with Crippen LogP contribution in [0.1, 0.15) is 28.5 Å². The fraction of sp³-hybridized carbons (Fsp3) is 0.0476. The van der Waals surface area contributed by atoms with Gasteiger partial charge in [0.15, 0.2) is 5.69 Å². The molecule has 7 heteroatoms. The third-order valence-corrected chi connectivity index (χ3v) is 4.52. The van der Waals surface area contributed by atoms with Crippen molar-refractivity contribution in [2.45, 2.75) is 6.92 Å². The number of aromatic carboxylic acids is 1. The van der Waals surface area contributed by atoms with Crippen molar-refractivity contribution < 1.29 is 14.1 Å². The summed E-state index contributed by atoms with van der Waals surface area (Å²) in [5.41, 5.74) is 7.20. The molecule has 0 fully saturated rings. The number of nitrogens with zero attached hydrogens (tertiary/aromatic N) is 1. The first-order valence-electron chi connectivity index (χ1n) is 8.20. The number of carboxylic acid groups (broad SMARTS) is 1. The predicted octanol–water partition coefficient (Wildman–Crippen LogP) is 3.48. The second kappa shape index (κ2) is 9.90. The molecule has 0 spiro atoms. The summed E-state index contributed by atoms with van der Waals surface area (Å²) in [7, 11) is -1.49. The van der Waals surface area contributed by atoms with Gasteiger partial charge >= 0.3 is 5.97 Å². The zero-order valence-electron chi connectivity index (χ0n) is 15.2. The molecule has 1 aromatic heterocycles. The van der Waals surface area contributed by atoms with Gasteiger partial charge in [-0.2, -0.15) is 0 Å². The first-order valence-corrected chi connectivity index (χ1v) is 9.35. The lowest BCUT2D eigenvalue weighted by Gasteiger charge is -2.08. The molecule has 6 nitrogen and oxygen atoms in total. The summed E-state index contributed by atoms with van der Waals surface area (Å²) in [5.74, 6) is 4.66. The van der Waals surface area contributed by atoms with Crippen molar-refractivity contribution in [3.63, 3.8) is 0 Å². The average molecular weight is 393 g/mol. The van der Waals surface area contributed by atoms with Gasteiger partial charge < -0.3 is 10.8 Å². The minimum Gasteiger partial charge on any atom is -0.476 e. The number of rotatable bonds is 6. The van der Waals surface area contributed by atoms with Crippen LogP contribution in [0.4, 0.5) is 11.4 Å². The highest BCUT2D eigenvalue weighted by Crippen LogP contribution is 2.18. The van der Waals surface area contributed by atoms with E-state index in [0.29, 0.717) is 21.7 Å².